The van der Waals surface area contributed by atoms with E-state index in [9.17, 15) is 9.18 Å². The normalized spacial score (nSPS) is 10.3. The molecular weight excluding hydrogens is 263 g/mol. The summed E-state index contributed by atoms with van der Waals surface area (Å²) in [4.78, 5) is 17.8. The van der Waals surface area contributed by atoms with Crippen molar-refractivity contribution in [3.8, 4) is 11.4 Å². The average Bonchev–Trinajstić information content (AvgIpc) is 2.22. The highest BCUT2D eigenvalue weighted by Gasteiger charge is 2.03. The number of hydrogen-bond acceptors (Lipinski definition) is 2. The van der Waals surface area contributed by atoms with Gasteiger partial charge in [-0.05, 0) is 28.1 Å². The van der Waals surface area contributed by atoms with Crippen molar-refractivity contribution in [2.45, 2.75) is 0 Å². The molecule has 5 heteroatoms. The Morgan fingerprint density at radius 3 is 2.87 bits per heavy atom. The zero-order valence-electron chi connectivity index (χ0n) is 7.50. The van der Waals surface area contributed by atoms with Crippen LogP contribution in [0.5, 0.6) is 0 Å². The minimum atomic E-state index is -0.363. The van der Waals surface area contributed by atoms with Crippen LogP contribution in [-0.2, 0) is 0 Å². The zero-order valence-corrected chi connectivity index (χ0v) is 9.08. The number of rotatable bonds is 1. The van der Waals surface area contributed by atoms with Crippen molar-refractivity contribution in [3.05, 3.63) is 51.1 Å². The van der Waals surface area contributed by atoms with Gasteiger partial charge in [-0.2, -0.15) is 0 Å². The van der Waals surface area contributed by atoms with Crippen molar-refractivity contribution >= 4 is 15.9 Å². The molecule has 0 saturated carbocycles. The number of hydrogen-bond donors (Lipinski definition) is 1. The van der Waals surface area contributed by atoms with E-state index >= 15 is 0 Å². The van der Waals surface area contributed by atoms with Crippen LogP contribution in [0.3, 0.4) is 0 Å². The van der Waals surface area contributed by atoms with Crippen LogP contribution >= 0.6 is 15.9 Å². The molecule has 0 aliphatic heterocycles. The first-order valence-electron chi connectivity index (χ1n) is 4.17. The van der Waals surface area contributed by atoms with Gasteiger partial charge >= 0.3 is 0 Å². The topological polar surface area (TPSA) is 45.8 Å². The second-order valence-corrected chi connectivity index (χ2v) is 3.77. The summed E-state index contributed by atoms with van der Waals surface area (Å²) in [6, 6.07) is 5.88. The smallest absolute Gasteiger partial charge is 0.265 e. The van der Waals surface area contributed by atoms with E-state index in [-0.39, 0.29) is 11.4 Å². The summed E-state index contributed by atoms with van der Waals surface area (Å²) in [5.74, 6) is -0.0132. The molecule has 0 radical (unpaired) electrons. The van der Waals surface area contributed by atoms with E-state index in [0.29, 0.717) is 15.9 Å². The summed E-state index contributed by atoms with van der Waals surface area (Å²) in [7, 11) is 0. The lowest BCUT2D eigenvalue weighted by Gasteiger charge is -2.00. The molecule has 0 aliphatic rings. The Morgan fingerprint density at radius 1 is 1.40 bits per heavy atom. The molecule has 2 rings (SSSR count). The van der Waals surface area contributed by atoms with Crippen LogP contribution in [0.1, 0.15) is 0 Å². The SMILES string of the molecule is O=c1[nH]c(-c2cccc(F)c2)ncc1Br. The van der Waals surface area contributed by atoms with Gasteiger partial charge < -0.3 is 4.98 Å². The molecule has 1 heterocycles. The van der Waals surface area contributed by atoms with E-state index in [4.69, 9.17) is 0 Å². The summed E-state index contributed by atoms with van der Waals surface area (Å²) in [6.45, 7) is 0. The lowest BCUT2D eigenvalue weighted by Crippen LogP contribution is -2.08. The standard InChI is InChI=1S/C10H6BrFN2O/c11-8-5-13-9(14-10(8)15)6-2-1-3-7(12)4-6/h1-5H,(H,13,14,15). The van der Waals surface area contributed by atoms with Crippen LogP contribution < -0.4 is 5.56 Å². The Kier molecular flexibility index (Phi) is 2.64. The number of nitrogens with one attached hydrogen (secondary N) is 1. The number of halogens is 2. The molecule has 0 fully saturated rings. The average molecular weight is 269 g/mol. The van der Waals surface area contributed by atoms with Crippen LogP contribution in [0.25, 0.3) is 11.4 Å². The predicted octanol–water partition coefficient (Wildman–Crippen LogP) is 2.34. The highest BCUT2D eigenvalue weighted by molar-refractivity contribution is 9.10. The van der Waals surface area contributed by atoms with Crippen LogP contribution in [0, 0.1) is 5.82 Å². The molecule has 0 atom stereocenters. The molecule has 15 heavy (non-hydrogen) atoms. The summed E-state index contributed by atoms with van der Waals surface area (Å²) < 4.78 is 13.3. The number of aromatic nitrogens is 2. The first kappa shape index (κ1) is 10.0. The van der Waals surface area contributed by atoms with Gasteiger partial charge in [0.1, 0.15) is 16.1 Å². The van der Waals surface area contributed by atoms with E-state index in [1.807, 2.05) is 0 Å². The Bertz CT molecular complexity index is 553. The van der Waals surface area contributed by atoms with Crippen LogP contribution in [0.2, 0.25) is 0 Å². The van der Waals surface area contributed by atoms with E-state index in [0.717, 1.165) is 0 Å². The zero-order chi connectivity index (χ0) is 10.8. The van der Waals surface area contributed by atoms with Gasteiger partial charge in [0.25, 0.3) is 5.56 Å². The minimum Gasteiger partial charge on any atom is -0.306 e. The monoisotopic (exact) mass is 268 g/mol. The summed E-state index contributed by atoms with van der Waals surface area (Å²) in [5.41, 5.74) is 0.254. The number of aromatic amines is 1. The Hall–Kier alpha value is -1.49. The second kappa shape index (κ2) is 3.94. The Morgan fingerprint density at radius 2 is 2.20 bits per heavy atom. The lowest BCUT2D eigenvalue weighted by atomic mass is 10.2. The fourth-order valence-corrected chi connectivity index (χ4v) is 1.36. The van der Waals surface area contributed by atoms with Gasteiger partial charge in [0.2, 0.25) is 0 Å². The maximum atomic E-state index is 12.9. The second-order valence-electron chi connectivity index (χ2n) is 2.92. The molecule has 2 aromatic rings. The Balaban J connectivity index is 2.55. The molecule has 0 bridgehead atoms. The third-order valence-corrected chi connectivity index (χ3v) is 2.42. The molecule has 0 amide bonds. The van der Waals surface area contributed by atoms with Crippen molar-refractivity contribution in [2.24, 2.45) is 0 Å². The maximum absolute atomic E-state index is 12.9. The molecule has 0 saturated heterocycles. The van der Waals surface area contributed by atoms with Gasteiger partial charge in [-0.3, -0.25) is 4.79 Å². The van der Waals surface area contributed by atoms with E-state index in [2.05, 4.69) is 25.9 Å². The van der Waals surface area contributed by atoms with Gasteiger partial charge in [-0.25, -0.2) is 9.37 Å². The van der Waals surface area contributed by atoms with Crippen molar-refractivity contribution < 1.29 is 4.39 Å². The van der Waals surface area contributed by atoms with Crippen molar-refractivity contribution in [1.29, 1.82) is 0 Å². The molecule has 76 valence electrons. The third kappa shape index (κ3) is 2.12. The first-order chi connectivity index (χ1) is 7.16. The minimum absolute atomic E-state index is 0.288. The lowest BCUT2D eigenvalue weighted by molar-refractivity contribution is 0.628. The first-order valence-corrected chi connectivity index (χ1v) is 4.97. The number of benzene rings is 1. The highest BCUT2D eigenvalue weighted by atomic mass is 79.9. The molecular formula is C10H6BrFN2O. The van der Waals surface area contributed by atoms with Gasteiger partial charge in [0.05, 0.1) is 0 Å². The molecule has 1 aromatic heterocycles. The van der Waals surface area contributed by atoms with E-state index in [1.165, 1.54) is 18.3 Å². The largest absolute Gasteiger partial charge is 0.306 e. The van der Waals surface area contributed by atoms with Crippen molar-refractivity contribution in [1.82, 2.24) is 9.97 Å². The van der Waals surface area contributed by atoms with Crippen molar-refractivity contribution in [3.63, 3.8) is 0 Å². The quantitative estimate of drug-likeness (QED) is 0.863. The molecule has 1 N–H and O–H groups in total. The summed E-state index contributed by atoms with van der Waals surface area (Å²) in [5, 5.41) is 0. The van der Waals surface area contributed by atoms with Crippen LogP contribution in [0.4, 0.5) is 4.39 Å². The number of nitrogens with zero attached hydrogens (tertiary/aromatic N) is 1. The molecule has 0 spiro atoms. The Labute approximate surface area is 93.1 Å². The predicted molar refractivity (Wildman–Crippen MR) is 58.0 cm³/mol. The van der Waals surface area contributed by atoms with Crippen molar-refractivity contribution in [2.75, 3.05) is 0 Å². The van der Waals surface area contributed by atoms with Crippen LogP contribution in [0.15, 0.2) is 39.7 Å². The van der Waals surface area contributed by atoms with Crippen LogP contribution in [-0.4, -0.2) is 9.97 Å². The van der Waals surface area contributed by atoms with Gasteiger partial charge in [-0.1, -0.05) is 12.1 Å². The fraction of sp³-hybridized carbons (Fsp3) is 0. The highest BCUT2D eigenvalue weighted by Crippen LogP contribution is 2.14. The summed E-state index contributed by atoms with van der Waals surface area (Å²) >= 11 is 3.04. The summed E-state index contributed by atoms with van der Waals surface area (Å²) in [6.07, 6.45) is 1.39. The fourth-order valence-electron chi connectivity index (χ4n) is 1.16. The molecule has 0 unspecified atom stereocenters. The third-order valence-electron chi connectivity index (χ3n) is 1.85. The van der Waals surface area contributed by atoms with E-state index < -0.39 is 0 Å². The van der Waals surface area contributed by atoms with E-state index in [1.54, 1.807) is 12.1 Å². The van der Waals surface area contributed by atoms with Gasteiger partial charge in [0, 0.05) is 11.8 Å². The van der Waals surface area contributed by atoms with Gasteiger partial charge in [-0.15, -0.1) is 0 Å². The number of H-pyrrole nitrogens is 1. The molecule has 3 nitrogen and oxygen atoms in total. The molecule has 0 aliphatic carbocycles. The molecule has 1 aromatic carbocycles. The maximum Gasteiger partial charge on any atom is 0.265 e. The van der Waals surface area contributed by atoms with Gasteiger partial charge in [0.15, 0.2) is 0 Å².